The van der Waals surface area contributed by atoms with E-state index in [0.29, 0.717) is 0 Å². The highest BCUT2D eigenvalue weighted by Gasteiger charge is 2.55. The van der Waals surface area contributed by atoms with Gasteiger partial charge in [-0.1, -0.05) is 54.6 Å². The predicted molar refractivity (Wildman–Crippen MR) is 127 cm³/mol. The van der Waals surface area contributed by atoms with E-state index in [4.69, 9.17) is 18.9 Å². The summed E-state index contributed by atoms with van der Waals surface area (Å²) in [5.41, 5.74) is 0.684. The number of alkyl halides is 1. The van der Waals surface area contributed by atoms with Crippen molar-refractivity contribution in [2.75, 3.05) is 6.61 Å². The number of ether oxygens (including phenoxy) is 4. The summed E-state index contributed by atoms with van der Waals surface area (Å²) in [5.74, 6) is -2.26. The molecule has 1 N–H and O–H groups in total. The van der Waals surface area contributed by atoms with E-state index >= 15 is 0 Å². The Balaban J connectivity index is 1.63. The average molecular weight is 541 g/mol. The lowest BCUT2D eigenvalue weighted by Crippen LogP contribution is -2.61. The third-order valence-corrected chi connectivity index (χ3v) is 5.91. The number of benzene rings is 3. The molecule has 3 aromatic carbocycles. The Morgan fingerprint density at radius 3 is 1.57 bits per heavy atom. The summed E-state index contributed by atoms with van der Waals surface area (Å²) in [4.78, 5) is 38.4. The molecule has 4 rings (SSSR count). The van der Waals surface area contributed by atoms with Gasteiger partial charge in [0.15, 0.2) is 12.2 Å². The highest BCUT2D eigenvalue weighted by atomic mass is 79.9. The molecule has 0 amide bonds. The topological polar surface area (TPSA) is 108 Å². The average Bonchev–Trinajstić information content (AvgIpc) is 2.89. The summed E-state index contributed by atoms with van der Waals surface area (Å²) in [6.45, 7) is -0.341. The van der Waals surface area contributed by atoms with Gasteiger partial charge in [-0.25, -0.2) is 14.4 Å². The van der Waals surface area contributed by atoms with E-state index < -0.39 is 40.9 Å². The molecule has 1 heterocycles. The molecular formula is C26H21BrO8. The van der Waals surface area contributed by atoms with Crippen molar-refractivity contribution in [3.05, 3.63) is 108 Å². The number of carbonyl (C=O) groups is 3. The van der Waals surface area contributed by atoms with Gasteiger partial charge >= 0.3 is 17.9 Å². The molecule has 0 radical (unpaired) electrons. The van der Waals surface area contributed by atoms with E-state index in [-0.39, 0.29) is 23.3 Å². The van der Waals surface area contributed by atoms with E-state index in [0.717, 1.165) is 0 Å². The van der Waals surface area contributed by atoms with Crippen molar-refractivity contribution in [1.29, 1.82) is 0 Å². The molecule has 1 aliphatic rings. The second kappa shape index (κ2) is 10.8. The van der Waals surface area contributed by atoms with Crippen LogP contribution in [0.25, 0.3) is 0 Å². The largest absolute Gasteiger partial charge is 0.452 e. The molecule has 8 nitrogen and oxygen atoms in total. The van der Waals surface area contributed by atoms with Gasteiger partial charge in [0.05, 0.1) is 23.3 Å². The maximum absolute atomic E-state index is 12.9. The molecule has 9 heteroatoms. The van der Waals surface area contributed by atoms with Crippen LogP contribution in [0.1, 0.15) is 31.1 Å². The van der Waals surface area contributed by atoms with Crippen LogP contribution in [0.15, 0.2) is 91.0 Å². The molecule has 1 saturated heterocycles. The van der Waals surface area contributed by atoms with Crippen LogP contribution in [0.3, 0.4) is 0 Å². The molecule has 0 aliphatic carbocycles. The highest BCUT2D eigenvalue weighted by Crippen LogP contribution is 2.35. The molecule has 35 heavy (non-hydrogen) atoms. The number of halogens is 1. The molecule has 4 atom stereocenters. The number of hydrogen-bond acceptors (Lipinski definition) is 8. The van der Waals surface area contributed by atoms with Gasteiger partial charge in [-0.3, -0.25) is 0 Å². The number of rotatable bonds is 6. The first-order valence-corrected chi connectivity index (χ1v) is 11.5. The highest BCUT2D eigenvalue weighted by molar-refractivity contribution is 9.10. The lowest BCUT2D eigenvalue weighted by atomic mass is 10.0. The Kier molecular flexibility index (Phi) is 7.60. The van der Waals surface area contributed by atoms with Gasteiger partial charge in [-0.15, -0.1) is 0 Å². The predicted octanol–water partition coefficient (Wildman–Crippen LogP) is 3.73. The number of hydrogen-bond donors (Lipinski definition) is 1. The third kappa shape index (κ3) is 5.94. The molecule has 0 bridgehead atoms. The van der Waals surface area contributed by atoms with Crippen LogP contribution >= 0.6 is 15.9 Å². The summed E-state index contributed by atoms with van der Waals surface area (Å²) in [6.07, 6.45) is -4.17. The second-order valence-electron chi connectivity index (χ2n) is 7.66. The van der Waals surface area contributed by atoms with Gasteiger partial charge in [-0.05, 0) is 52.3 Å². The van der Waals surface area contributed by atoms with Crippen LogP contribution in [-0.2, 0) is 18.9 Å². The zero-order chi connectivity index (χ0) is 24.8. The van der Waals surface area contributed by atoms with Crippen molar-refractivity contribution >= 4 is 33.8 Å². The van der Waals surface area contributed by atoms with Crippen molar-refractivity contribution in [3.8, 4) is 0 Å². The molecular weight excluding hydrogens is 520 g/mol. The first-order chi connectivity index (χ1) is 16.8. The minimum absolute atomic E-state index is 0.201. The Labute approximate surface area is 209 Å². The second-order valence-corrected chi connectivity index (χ2v) is 8.79. The van der Waals surface area contributed by atoms with Crippen LogP contribution in [0.5, 0.6) is 0 Å². The fraction of sp³-hybridized carbons (Fsp3) is 0.192. The fourth-order valence-electron chi connectivity index (χ4n) is 3.46. The molecule has 3 aromatic rings. The van der Waals surface area contributed by atoms with Gasteiger partial charge in [0, 0.05) is 0 Å². The summed E-state index contributed by atoms with van der Waals surface area (Å²) >= 11 is 3.01. The molecule has 180 valence electrons. The Bertz CT molecular complexity index is 1170. The maximum atomic E-state index is 12.9. The van der Waals surface area contributed by atoms with Crippen LogP contribution in [0.4, 0.5) is 0 Å². The van der Waals surface area contributed by atoms with E-state index in [1.54, 1.807) is 66.7 Å². The van der Waals surface area contributed by atoms with E-state index in [1.807, 2.05) is 0 Å². The van der Waals surface area contributed by atoms with Gasteiger partial charge < -0.3 is 24.1 Å². The molecule has 0 aromatic heterocycles. The monoisotopic (exact) mass is 540 g/mol. The van der Waals surface area contributed by atoms with E-state index in [2.05, 4.69) is 15.9 Å². The van der Waals surface area contributed by atoms with Gasteiger partial charge in [0.25, 0.3) is 4.70 Å². The first kappa shape index (κ1) is 24.6. The molecule has 1 fully saturated rings. The summed E-state index contributed by atoms with van der Waals surface area (Å²) in [6, 6.07) is 24.4. The van der Waals surface area contributed by atoms with Crippen molar-refractivity contribution < 1.29 is 38.4 Å². The number of aliphatic hydroxyl groups is 1. The third-order valence-electron chi connectivity index (χ3n) is 5.23. The molecule has 0 unspecified atom stereocenters. The molecule has 0 saturated carbocycles. The van der Waals surface area contributed by atoms with E-state index in [9.17, 15) is 19.5 Å². The minimum atomic E-state index is -2.21. The lowest BCUT2D eigenvalue weighted by Gasteiger charge is -2.42. The normalized spacial score (nSPS) is 23.7. The van der Waals surface area contributed by atoms with Crippen LogP contribution in [-0.4, -0.2) is 52.6 Å². The summed E-state index contributed by atoms with van der Waals surface area (Å²) in [5, 5.41) is 10.8. The van der Waals surface area contributed by atoms with Gasteiger partial charge in [0.2, 0.25) is 6.10 Å². The first-order valence-electron chi connectivity index (χ1n) is 10.7. The van der Waals surface area contributed by atoms with Crippen molar-refractivity contribution in [2.24, 2.45) is 0 Å². The SMILES string of the molecule is O=C(O[C@@H]1[C@@H](OC(=O)c2ccccc2)[C@](O)(Br)OC[C@H]1OC(=O)c1ccccc1)c1ccccc1. The summed E-state index contributed by atoms with van der Waals surface area (Å²) < 4.78 is 19.9. The maximum Gasteiger partial charge on any atom is 0.338 e. The van der Waals surface area contributed by atoms with Crippen molar-refractivity contribution in [3.63, 3.8) is 0 Å². The van der Waals surface area contributed by atoms with Crippen LogP contribution in [0.2, 0.25) is 0 Å². The van der Waals surface area contributed by atoms with Gasteiger partial charge in [0.1, 0.15) is 0 Å². The summed E-state index contributed by atoms with van der Waals surface area (Å²) in [7, 11) is 0. The van der Waals surface area contributed by atoms with Crippen LogP contribution < -0.4 is 0 Å². The number of esters is 3. The fourth-order valence-corrected chi connectivity index (χ4v) is 3.94. The number of carbonyl (C=O) groups excluding carboxylic acids is 3. The molecule has 1 aliphatic heterocycles. The smallest absolute Gasteiger partial charge is 0.338 e. The lowest BCUT2D eigenvalue weighted by molar-refractivity contribution is -0.267. The van der Waals surface area contributed by atoms with Gasteiger partial charge in [-0.2, -0.15) is 0 Å². The standard InChI is InChI=1S/C26H21BrO8/c27-26(31)22(35-25(30)19-14-8-3-9-15-19)21(34-24(29)18-12-6-2-7-13-18)20(16-32-26)33-23(28)17-10-4-1-5-11-17/h1-15,20-22,31H,16H2/t20-,21+,22-,26-/m1/s1. The van der Waals surface area contributed by atoms with Crippen molar-refractivity contribution in [2.45, 2.75) is 23.0 Å². The zero-order valence-corrected chi connectivity index (χ0v) is 19.9. The van der Waals surface area contributed by atoms with Crippen molar-refractivity contribution in [1.82, 2.24) is 0 Å². The van der Waals surface area contributed by atoms with E-state index in [1.165, 1.54) is 24.3 Å². The van der Waals surface area contributed by atoms with Crippen LogP contribution in [0, 0.1) is 0 Å². The Morgan fingerprint density at radius 2 is 1.11 bits per heavy atom. The quantitative estimate of drug-likeness (QED) is 0.286. The molecule has 0 spiro atoms. The minimum Gasteiger partial charge on any atom is -0.452 e. The Hall–Kier alpha value is -3.53. The Morgan fingerprint density at radius 1 is 0.714 bits per heavy atom. The zero-order valence-electron chi connectivity index (χ0n) is 18.3.